The zero-order chi connectivity index (χ0) is 19.2. The number of hydrogen-bond donors (Lipinski definition) is 0. The van der Waals surface area contributed by atoms with Crippen molar-refractivity contribution in [3.05, 3.63) is 53.6 Å². The fourth-order valence-corrected chi connectivity index (χ4v) is 4.54. The molecule has 7 heteroatoms. The average molecular weight is 377 g/mol. The standard InChI is InChI=1S/C20H22F3N3O/c1-25(12-17-24-9-10-26(17)13-20(21,22)23)18(27)16-11-19(16)8-4-6-14-5-2-3-7-15(14)19/h2-3,5,7,9-10,16H,4,6,8,11-13H2,1H3/t16-,19+/m0/s1. The number of carbonyl (C=O) groups is 1. The van der Waals surface area contributed by atoms with E-state index < -0.39 is 12.7 Å². The van der Waals surface area contributed by atoms with Crippen LogP contribution in [0.1, 0.15) is 36.2 Å². The largest absolute Gasteiger partial charge is 0.406 e. The molecule has 4 nitrogen and oxygen atoms in total. The molecule has 0 unspecified atom stereocenters. The Morgan fingerprint density at radius 3 is 2.93 bits per heavy atom. The van der Waals surface area contributed by atoms with Gasteiger partial charge in [-0.15, -0.1) is 0 Å². The van der Waals surface area contributed by atoms with Crippen LogP contribution in [-0.2, 0) is 29.7 Å². The van der Waals surface area contributed by atoms with Gasteiger partial charge in [0.1, 0.15) is 12.4 Å². The second-order valence-corrected chi connectivity index (χ2v) is 7.70. The number of alkyl halides is 3. The van der Waals surface area contributed by atoms with Crippen LogP contribution >= 0.6 is 0 Å². The van der Waals surface area contributed by atoms with E-state index in [1.165, 1.54) is 28.4 Å². The Hall–Kier alpha value is -2.31. The lowest BCUT2D eigenvalue weighted by Crippen LogP contribution is -2.33. The van der Waals surface area contributed by atoms with E-state index in [9.17, 15) is 18.0 Å². The molecule has 1 heterocycles. The van der Waals surface area contributed by atoms with Crippen molar-refractivity contribution >= 4 is 5.91 Å². The number of benzene rings is 1. The minimum absolute atomic E-state index is 0.00624. The molecule has 1 saturated carbocycles. The lowest BCUT2D eigenvalue weighted by molar-refractivity contribution is -0.141. The zero-order valence-electron chi connectivity index (χ0n) is 15.2. The molecule has 144 valence electrons. The molecule has 1 aromatic carbocycles. The van der Waals surface area contributed by atoms with Crippen LogP contribution in [0.4, 0.5) is 13.2 Å². The van der Waals surface area contributed by atoms with Crippen molar-refractivity contribution in [3.8, 4) is 0 Å². The normalized spacial score (nSPS) is 23.9. The number of aromatic nitrogens is 2. The van der Waals surface area contributed by atoms with Gasteiger partial charge < -0.3 is 9.47 Å². The Bertz CT molecular complexity index is 860. The predicted molar refractivity (Wildman–Crippen MR) is 93.9 cm³/mol. The summed E-state index contributed by atoms with van der Waals surface area (Å²) in [5.41, 5.74) is 2.52. The van der Waals surface area contributed by atoms with Gasteiger partial charge >= 0.3 is 6.18 Å². The van der Waals surface area contributed by atoms with Crippen molar-refractivity contribution < 1.29 is 18.0 Å². The van der Waals surface area contributed by atoms with Crippen molar-refractivity contribution in [2.24, 2.45) is 5.92 Å². The Balaban J connectivity index is 1.47. The minimum atomic E-state index is -4.32. The smallest absolute Gasteiger partial charge is 0.338 e. The molecule has 0 radical (unpaired) electrons. The Kier molecular flexibility index (Phi) is 4.28. The van der Waals surface area contributed by atoms with Crippen LogP contribution in [0.15, 0.2) is 36.7 Å². The van der Waals surface area contributed by atoms with Crippen LogP contribution in [0.25, 0.3) is 0 Å². The number of carbonyl (C=O) groups excluding carboxylic acids is 1. The van der Waals surface area contributed by atoms with E-state index in [1.807, 2.05) is 12.1 Å². The van der Waals surface area contributed by atoms with Crippen LogP contribution in [0.5, 0.6) is 0 Å². The number of fused-ring (bicyclic) bond motifs is 2. The fraction of sp³-hybridized carbons (Fsp3) is 0.500. The highest BCUT2D eigenvalue weighted by atomic mass is 19.4. The molecule has 0 saturated heterocycles. The van der Waals surface area contributed by atoms with Crippen LogP contribution < -0.4 is 0 Å². The van der Waals surface area contributed by atoms with Crippen LogP contribution in [0.2, 0.25) is 0 Å². The third kappa shape index (κ3) is 3.35. The summed E-state index contributed by atoms with van der Waals surface area (Å²) in [6.45, 7) is -1.01. The van der Waals surface area contributed by atoms with Gasteiger partial charge in [-0.2, -0.15) is 13.2 Å². The molecule has 1 spiro atoms. The van der Waals surface area contributed by atoms with E-state index in [-0.39, 0.29) is 29.6 Å². The first kappa shape index (κ1) is 18.1. The Morgan fingerprint density at radius 1 is 1.37 bits per heavy atom. The second-order valence-electron chi connectivity index (χ2n) is 7.70. The molecule has 1 aromatic heterocycles. The van der Waals surface area contributed by atoms with Crippen molar-refractivity contribution in [3.63, 3.8) is 0 Å². The lowest BCUT2D eigenvalue weighted by atomic mass is 9.78. The topological polar surface area (TPSA) is 38.1 Å². The van der Waals surface area contributed by atoms with Crippen molar-refractivity contribution in [2.75, 3.05) is 7.05 Å². The molecule has 0 aliphatic heterocycles. The zero-order valence-corrected chi connectivity index (χ0v) is 15.2. The van der Waals surface area contributed by atoms with Crippen molar-refractivity contribution in [2.45, 2.75) is 50.4 Å². The highest BCUT2D eigenvalue weighted by molar-refractivity contribution is 5.84. The number of amides is 1. The van der Waals surface area contributed by atoms with Crippen molar-refractivity contribution in [1.82, 2.24) is 14.5 Å². The van der Waals surface area contributed by atoms with Gasteiger partial charge in [0.2, 0.25) is 5.91 Å². The van der Waals surface area contributed by atoms with Gasteiger partial charge in [0.25, 0.3) is 0 Å². The quantitative estimate of drug-likeness (QED) is 0.815. The van der Waals surface area contributed by atoms with E-state index in [1.54, 1.807) is 7.05 Å². The Morgan fingerprint density at radius 2 is 2.15 bits per heavy atom. The number of rotatable bonds is 4. The molecular formula is C20H22F3N3O. The molecule has 0 N–H and O–H groups in total. The molecule has 1 fully saturated rings. The maximum atomic E-state index is 13.0. The SMILES string of the molecule is CN(Cc1nccn1CC(F)(F)F)C(=O)[C@@H]1C[C@@]12CCCc1ccccc12. The van der Waals surface area contributed by atoms with Crippen LogP contribution in [0, 0.1) is 5.92 Å². The van der Waals surface area contributed by atoms with Gasteiger partial charge in [0.15, 0.2) is 0 Å². The first-order valence-electron chi connectivity index (χ1n) is 9.20. The monoisotopic (exact) mass is 377 g/mol. The molecule has 2 atom stereocenters. The predicted octanol–water partition coefficient (Wildman–Crippen LogP) is 3.70. The van der Waals surface area contributed by atoms with E-state index in [0.29, 0.717) is 0 Å². The summed E-state index contributed by atoms with van der Waals surface area (Å²) in [6, 6.07) is 8.30. The molecule has 2 aliphatic carbocycles. The number of aryl methyl sites for hydroxylation is 1. The summed E-state index contributed by atoms with van der Waals surface area (Å²) in [7, 11) is 1.65. The first-order valence-corrected chi connectivity index (χ1v) is 9.20. The lowest BCUT2D eigenvalue weighted by Gasteiger charge is -2.27. The van der Waals surface area contributed by atoms with E-state index >= 15 is 0 Å². The molecule has 1 amide bonds. The summed E-state index contributed by atoms with van der Waals surface area (Å²) in [5.74, 6) is 0.158. The van der Waals surface area contributed by atoms with E-state index in [0.717, 1.165) is 30.3 Å². The first-order chi connectivity index (χ1) is 12.8. The fourth-order valence-electron chi connectivity index (χ4n) is 4.54. The molecule has 27 heavy (non-hydrogen) atoms. The maximum absolute atomic E-state index is 13.0. The van der Waals surface area contributed by atoms with Crippen molar-refractivity contribution in [1.29, 1.82) is 0 Å². The number of hydrogen-bond acceptors (Lipinski definition) is 2. The summed E-state index contributed by atoms with van der Waals surface area (Å²) < 4.78 is 39.1. The molecular weight excluding hydrogens is 355 g/mol. The molecule has 2 aliphatic rings. The third-order valence-corrected chi connectivity index (χ3v) is 5.90. The highest BCUT2D eigenvalue weighted by Crippen LogP contribution is 2.60. The van der Waals surface area contributed by atoms with Crippen LogP contribution in [0.3, 0.4) is 0 Å². The summed E-state index contributed by atoms with van der Waals surface area (Å²) in [6.07, 6.45) is 2.27. The molecule has 2 aromatic rings. The number of nitrogens with zero attached hydrogens (tertiary/aromatic N) is 3. The van der Waals surface area contributed by atoms with Gasteiger partial charge in [0, 0.05) is 30.8 Å². The van der Waals surface area contributed by atoms with Gasteiger partial charge in [-0.1, -0.05) is 24.3 Å². The van der Waals surface area contributed by atoms with Crippen LogP contribution in [-0.4, -0.2) is 33.6 Å². The summed E-state index contributed by atoms with van der Waals surface area (Å²) in [4.78, 5) is 18.5. The summed E-state index contributed by atoms with van der Waals surface area (Å²) >= 11 is 0. The summed E-state index contributed by atoms with van der Waals surface area (Å²) in [5, 5.41) is 0. The van der Waals surface area contributed by atoms with Gasteiger partial charge in [-0.25, -0.2) is 4.98 Å². The Labute approximate surface area is 156 Å². The average Bonchev–Trinajstić information content (AvgIpc) is 3.17. The van der Waals surface area contributed by atoms with Gasteiger partial charge in [-0.05, 0) is 36.8 Å². The third-order valence-electron chi connectivity index (χ3n) is 5.90. The van der Waals surface area contributed by atoms with E-state index in [2.05, 4.69) is 17.1 Å². The molecule has 4 rings (SSSR count). The highest BCUT2D eigenvalue weighted by Gasteiger charge is 2.60. The molecule has 0 bridgehead atoms. The second kappa shape index (κ2) is 6.39. The minimum Gasteiger partial charge on any atom is -0.338 e. The number of imidazole rings is 1. The van der Waals surface area contributed by atoms with Gasteiger partial charge in [0.05, 0.1) is 6.54 Å². The van der Waals surface area contributed by atoms with E-state index in [4.69, 9.17) is 0 Å². The maximum Gasteiger partial charge on any atom is 0.406 e. The van der Waals surface area contributed by atoms with Gasteiger partial charge in [-0.3, -0.25) is 4.79 Å². The number of halogens is 3.